The Hall–Kier alpha value is -3.90. The number of amides is 1. The van der Waals surface area contributed by atoms with Gasteiger partial charge in [-0.1, -0.05) is 6.08 Å². The van der Waals surface area contributed by atoms with Crippen molar-refractivity contribution in [2.75, 3.05) is 29.9 Å². The van der Waals surface area contributed by atoms with Crippen LogP contribution in [0.25, 0.3) is 11.2 Å². The third-order valence-corrected chi connectivity index (χ3v) is 6.53. The highest BCUT2D eigenvalue weighted by molar-refractivity contribution is 5.86. The van der Waals surface area contributed by atoms with Crippen molar-refractivity contribution in [3.63, 3.8) is 0 Å². The molecule has 0 radical (unpaired) electrons. The molecule has 1 atom stereocenters. The third kappa shape index (κ3) is 5.91. The van der Waals surface area contributed by atoms with Crippen molar-refractivity contribution >= 4 is 29.2 Å². The van der Waals surface area contributed by atoms with Crippen molar-refractivity contribution < 1.29 is 22.7 Å². The Morgan fingerprint density at radius 2 is 1.82 bits per heavy atom. The Balaban J connectivity index is 1.36. The number of nitrogens with one attached hydrogen (secondary N) is 1. The average molecular weight is 545 g/mol. The van der Waals surface area contributed by atoms with Gasteiger partial charge in [0.25, 0.3) is 0 Å². The van der Waals surface area contributed by atoms with E-state index in [1.165, 1.54) is 0 Å². The van der Waals surface area contributed by atoms with E-state index in [2.05, 4.69) is 30.2 Å². The molecule has 0 aliphatic carbocycles. The second kappa shape index (κ2) is 10.3. The van der Waals surface area contributed by atoms with Crippen LogP contribution in [0.4, 0.5) is 29.9 Å². The zero-order chi connectivity index (χ0) is 27.8. The van der Waals surface area contributed by atoms with E-state index < -0.39 is 23.4 Å². The van der Waals surface area contributed by atoms with Crippen LogP contribution in [0.15, 0.2) is 37.1 Å². The fourth-order valence-corrected chi connectivity index (χ4v) is 4.80. The van der Waals surface area contributed by atoms with E-state index >= 15 is 0 Å². The number of imidazole rings is 1. The highest BCUT2D eigenvalue weighted by Gasteiger charge is 2.32. The molecule has 2 aliphatic heterocycles. The number of carbonyl (C=O) groups excluding carboxylic acids is 1. The molecular weight excluding hydrogens is 513 g/mol. The average Bonchev–Trinajstić information content (AvgIpc) is 3.32. The highest BCUT2D eigenvalue weighted by Crippen LogP contribution is 2.31. The Bertz CT molecular complexity index is 1360. The lowest BCUT2D eigenvalue weighted by Gasteiger charge is -2.33. The smallest absolute Gasteiger partial charge is 0.419 e. The quantitative estimate of drug-likeness (QED) is 0.490. The SMILES string of the molecule is CC(C)(C)OC(=O)N1CCCC=C1c1nccn2c(N3CCC[C@@H](Nc4ncc(C(F)(F)F)cn4)C3)ncc12. The van der Waals surface area contributed by atoms with Crippen molar-refractivity contribution in [3.8, 4) is 0 Å². The van der Waals surface area contributed by atoms with Crippen LogP contribution in [0, 0.1) is 0 Å². The lowest BCUT2D eigenvalue weighted by Crippen LogP contribution is -2.43. The number of hydrogen-bond donors (Lipinski definition) is 1. The van der Waals surface area contributed by atoms with Crippen molar-refractivity contribution in [1.82, 2.24) is 29.2 Å². The lowest BCUT2D eigenvalue weighted by molar-refractivity contribution is -0.138. The van der Waals surface area contributed by atoms with Crippen LogP contribution >= 0.6 is 0 Å². The molecule has 0 saturated carbocycles. The number of rotatable bonds is 4. The van der Waals surface area contributed by atoms with Gasteiger partial charge < -0.3 is 15.0 Å². The van der Waals surface area contributed by atoms with E-state index in [1.807, 2.05) is 37.4 Å². The normalized spacial score (nSPS) is 18.7. The molecule has 1 N–H and O–H groups in total. The molecule has 0 bridgehead atoms. The minimum atomic E-state index is -4.48. The van der Waals surface area contributed by atoms with Crippen molar-refractivity contribution in [1.29, 1.82) is 0 Å². The van der Waals surface area contributed by atoms with Crippen molar-refractivity contribution in [2.24, 2.45) is 0 Å². The van der Waals surface area contributed by atoms with Gasteiger partial charge in [0.1, 0.15) is 11.3 Å². The lowest BCUT2D eigenvalue weighted by atomic mass is 10.1. The van der Waals surface area contributed by atoms with Crippen LogP contribution in [-0.4, -0.2) is 66.6 Å². The van der Waals surface area contributed by atoms with E-state index in [-0.39, 0.29) is 12.0 Å². The summed E-state index contributed by atoms with van der Waals surface area (Å²) in [4.78, 5) is 33.7. The number of anilines is 2. The van der Waals surface area contributed by atoms with Gasteiger partial charge in [0.15, 0.2) is 0 Å². The maximum Gasteiger partial charge on any atom is 0.419 e. The molecule has 5 rings (SSSR count). The molecule has 0 aromatic carbocycles. The number of ether oxygens (including phenoxy) is 1. The first-order valence-corrected chi connectivity index (χ1v) is 12.9. The molecule has 1 fully saturated rings. The minimum Gasteiger partial charge on any atom is -0.443 e. The molecular formula is C26H31F3N8O2. The van der Waals surface area contributed by atoms with Gasteiger partial charge in [-0.05, 0) is 46.5 Å². The predicted molar refractivity (Wildman–Crippen MR) is 139 cm³/mol. The molecule has 0 unspecified atom stereocenters. The fraction of sp³-hybridized carbons (Fsp3) is 0.500. The van der Waals surface area contributed by atoms with Gasteiger partial charge in [0.05, 0.1) is 23.0 Å². The Labute approximate surface area is 223 Å². The molecule has 1 amide bonds. The van der Waals surface area contributed by atoms with Crippen molar-refractivity contribution in [3.05, 3.63) is 48.3 Å². The van der Waals surface area contributed by atoms with Crippen molar-refractivity contribution in [2.45, 2.75) is 64.3 Å². The Morgan fingerprint density at radius 3 is 2.54 bits per heavy atom. The first kappa shape index (κ1) is 26.7. The van der Waals surface area contributed by atoms with Gasteiger partial charge in [-0.15, -0.1) is 0 Å². The van der Waals surface area contributed by atoms with Gasteiger partial charge in [0.2, 0.25) is 11.9 Å². The maximum absolute atomic E-state index is 13.0. The molecule has 208 valence electrons. The van der Waals surface area contributed by atoms with Crippen LogP contribution in [-0.2, 0) is 10.9 Å². The Kier molecular flexibility index (Phi) is 7.08. The van der Waals surface area contributed by atoms with Gasteiger partial charge >= 0.3 is 12.3 Å². The number of aromatic nitrogens is 5. The summed E-state index contributed by atoms with van der Waals surface area (Å²) in [7, 11) is 0. The molecule has 39 heavy (non-hydrogen) atoms. The molecule has 3 aromatic heterocycles. The summed E-state index contributed by atoms with van der Waals surface area (Å²) in [5.74, 6) is 0.870. The number of piperidine rings is 1. The summed E-state index contributed by atoms with van der Waals surface area (Å²) < 4.78 is 46.1. The van der Waals surface area contributed by atoms with E-state index in [0.29, 0.717) is 30.4 Å². The summed E-state index contributed by atoms with van der Waals surface area (Å²) in [6, 6.07) is -0.0761. The zero-order valence-corrected chi connectivity index (χ0v) is 22.1. The summed E-state index contributed by atoms with van der Waals surface area (Å²) in [5, 5.41) is 3.15. The number of nitrogens with zero attached hydrogens (tertiary/aromatic N) is 7. The number of halogens is 3. The first-order chi connectivity index (χ1) is 18.5. The monoisotopic (exact) mass is 544 g/mol. The van der Waals surface area contributed by atoms with Gasteiger partial charge in [0, 0.05) is 50.5 Å². The highest BCUT2D eigenvalue weighted by atomic mass is 19.4. The number of alkyl halides is 3. The van der Waals surface area contributed by atoms with Crippen LogP contribution in [0.1, 0.15) is 57.7 Å². The summed E-state index contributed by atoms with van der Waals surface area (Å²) in [5.41, 5.74) is 0.602. The van der Waals surface area contributed by atoms with E-state index in [0.717, 1.165) is 50.1 Å². The van der Waals surface area contributed by atoms with E-state index in [9.17, 15) is 18.0 Å². The number of fused-ring (bicyclic) bond motifs is 1. The topological polar surface area (TPSA) is 101 Å². The molecule has 10 nitrogen and oxygen atoms in total. The Morgan fingerprint density at radius 1 is 1.05 bits per heavy atom. The fourth-order valence-electron chi connectivity index (χ4n) is 4.80. The summed E-state index contributed by atoms with van der Waals surface area (Å²) in [6.45, 7) is 7.38. The van der Waals surface area contributed by atoms with Gasteiger partial charge in [-0.3, -0.25) is 14.3 Å². The molecule has 5 heterocycles. The van der Waals surface area contributed by atoms with Crippen LogP contribution in [0.3, 0.4) is 0 Å². The number of allylic oxidation sites excluding steroid dienone is 1. The molecule has 3 aromatic rings. The molecule has 2 aliphatic rings. The van der Waals surface area contributed by atoms with Gasteiger partial charge in [-0.25, -0.2) is 19.7 Å². The second-order valence-corrected chi connectivity index (χ2v) is 10.7. The van der Waals surface area contributed by atoms with Gasteiger partial charge in [-0.2, -0.15) is 13.2 Å². The number of carbonyl (C=O) groups is 1. The summed E-state index contributed by atoms with van der Waals surface area (Å²) >= 11 is 0. The van der Waals surface area contributed by atoms with E-state index in [4.69, 9.17) is 4.74 Å². The number of hydrogen-bond acceptors (Lipinski definition) is 8. The molecule has 0 spiro atoms. The third-order valence-electron chi connectivity index (χ3n) is 6.53. The summed E-state index contributed by atoms with van der Waals surface area (Å²) in [6.07, 6.45) is 7.27. The predicted octanol–water partition coefficient (Wildman–Crippen LogP) is 4.99. The van der Waals surface area contributed by atoms with Crippen LogP contribution in [0.2, 0.25) is 0 Å². The maximum atomic E-state index is 13.0. The zero-order valence-electron chi connectivity index (χ0n) is 22.1. The first-order valence-electron chi connectivity index (χ1n) is 12.9. The van der Waals surface area contributed by atoms with E-state index in [1.54, 1.807) is 17.3 Å². The van der Waals surface area contributed by atoms with Crippen LogP contribution in [0.5, 0.6) is 0 Å². The molecule has 1 saturated heterocycles. The minimum absolute atomic E-state index is 0.0761. The largest absolute Gasteiger partial charge is 0.443 e. The van der Waals surface area contributed by atoms with Crippen LogP contribution < -0.4 is 10.2 Å². The second-order valence-electron chi connectivity index (χ2n) is 10.7. The standard InChI is InChI=1S/C26H31F3N8O2/c1-25(2,3)39-24(38)37-11-5-4-8-19(37)21-20-15-33-23(36(20)12-9-30-21)35-10-6-7-18(16-35)34-22-31-13-17(14-32-22)26(27,28)29/h8-9,12-15,18H,4-7,10-11,16H2,1-3H3,(H,31,32,34)/t18-/m1/s1. The molecule has 13 heteroatoms.